The summed E-state index contributed by atoms with van der Waals surface area (Å²) < 4.78 is 4.94. The van der Waals surface area contributed by atoms with Crippen LogP contribution in [0, 0.1) is 0 Å². The van der Waals surface area contributed by atoms with E-state index in [4.69, 9.17) is 4.74 Å². The van der Waals surface area contributed by atoms with E-state index in [9.17, 15) is 4.79 Å². The van der Waals surface area contributed by atoms with E-state index in [-0.39, 0.29) is 17.6 Å². The van der Waals surface area contributed by atoms with Crippen LogP contribution in [0.15, 0.2) is 0 Å². The Morgan fingerprint density at radius 1 is 1.53 bits per heavy atom. The molecule has 17 heavy (non-hydrogen) atoms. The van der Waals surface area contributed by atoms with E-state index in [1.54, 1.807) is 19.1 Å². The molecule has 0 saturated carbocycles. The number of aromatic nitrogens is 3. The maximum atomic E-state index is 11.9. The predicted octanol–water partition coefficient (Wildman–Crippen LogP) is 1.04. The summed E-state index contributed by atoms with van der Waals surface area (Å²) in [6.45, 7) is 5.27. The Morgan fingerprint density at radius 3 is 2.76 bits per heavy atom. The molecule has 0 atom stereocenters. The number of rotatable bonds is 6. The summed E-state index contributed by atoms with van der Waals surface area (Å²) in [5.74, 6) is 1.04. The average Bonchev–Trinajstić information content (AvgIpc) is 2.77. The van der Waals surface area contributed by atoms with Gasteiger partial charge in [-0.1, -0.05) is 13.8 Å². The lowest BCUT2D eigenvalue weighted by molar-refractivity contribution is 0.0768. The fourth-order valence-electron chi connectivity index (χ4n) is 1.35. The molecule has 0 fully saturated rings. The summed E-state index contributed by atoms with van der Waals surface area (Å²) in [6.07, 6.45) is 0.806. The number of aromatic amines is 1. The van der Waals surface area contributed by atoms with Crippen LogP contribution in [0.3, 0.4) is 0 Å². The second kappa shape index (κ2) is 6.34. The van der Waals surface area contributed by atoms with Crippen LogP contribution >= 0.6 is 0 Å². The first-order chi connectivity index (χ1) is 8.06. The molecule has 1 amide bonds. The zero-order valence-electron chi connectivity index (χ0n) is 10.9. The van der Waals surface area contributed by atoms with Crippen LogP contribution in [0.1, 0.15) is 42.6 Å². The highest BCUT2D eigenvalue weighted by atomic mass is 16.5. The Bertz CT molecular complexity index is 362. The first-order valence-corrected chi connectivity index (χ1v) is 5.73. The van der Waals surface area contributed by atoms with Gasteiger partial charge in [0.05, 0.1) is 0 Å². The maximum Gasteiger partial charge on any atom is 0.293 e. The van der Waals surface area contributed by atoms with Crippen LogP contribution < -0.4 is 0 Å². The zero-order chi connectivity index (χ0) is 12.8. The molecule has 96 valence electrons. The van der Waals surface area contributed by atoms with E-state index >= 15 is 0 Å². The predicted molar refractivity (Wildman–Crippen MR) is 63.9 cm³/mol. The molecular weight excluding hydrogens is 220 g/mol. The van der Waals surface area contributed by atoms with Gasteiger partial charge in [0, 0.05) is 33.2 Å². The quantitative estimate of drug-likeness (QED) is 0.754. The molecule has 0 saturated heterocycles. The molecule has 0 aliphatic carbocycles. The number of hydrogen-bond donors (Lipinski definition) is 1. The van der Waals surface area contributed by atoms with Crippen molar-refractivity contribution >= 4 is 5.91 Å². The Morgan fingerprint density at radius 2 is 2.24 bits per heavy atom. The first kappa shape index (κ1) is 13.6. The van der Waals surface area contributed by atoms with E-state index in [1.165, 1.54) is 0 Å². The van der Waals surface area contributed by atoms with E-state index in [0.717, 1.165) is 12.2 Å². The summed E-state index contributed by atoms with van der Waals surface area (Å²) in [7, 11) is 3.38. The van der Waals surface area contributed by atoms with Crippen LogP contribution in [-0.4, -0.2) is 53.3 Å². The number of carbonyl (C=O) groups excluding carboxylic acids is 1. The van der Waals surface area contributed by atoms with Gasteiger partial charge in [-0.25, -0.2) is 4.98 Å². The molecule has 1 aromatic rings. The average molecular weight is 240 g/mol. The van der Waals surface area contributed by atoms with Gasteiger partial charge in [-0.15, -0.1) is 5.10 Å². The standard InChI is InChI=1S/C11H20N4O2/c1-8(2)9-12-10(14-13-9)11(16)15(3)6-5-7-17-4/h8H,5-7H2,1-4H3,(H,12,13,14). The lowest BCUT2D eigenvalue weighted by Crippen LogP contribution is -2.29. The maximum absolute atomic E-state index is 11.9. The Hall–Kier alpha value is -1.43. The van der Waals surface area contributed by atoms with E-state index in [1.807, 2.05) is 13.8 Å². The Kier molecular flexibility index (Phi) is 5.09. The summed E-state index contributed by atoms with van der Waals surface area (Å²) in [5, 5.41) is 6.70. The molecule has 6 heteroatoms. The number of carbonyl (C=O) groups is 1. The minimum atomic E-state index is -0.163. The van der Waals surface area contributed by atoms with Crippen molar-refractivity contribution in [1.29, 1.82) is 0 Å². The van der Waals surface area contributed by atoms with Gasteiger partial charge in [-0.2, -0.15) is 0 Å². The van der Waals surface area contributed by atoms with Crippen LogP contribution in [-0.2, 0) is 4.74 Å². The zero-order valence-corrected chi connectivity index (χ0v) is 10.9. The number of amides is 1. The van der Waals surface area contributed by atoms with Crippen LogP contribution in [0.25, 0.3) is 0 Å². The second-order valence-electron chi connectivity index (χ2n) is 4.27. The molecule has 1 aromatic heterocycles. The molecule has 1 rings (SSSR count). The molecule has 0 aliphatic heterocycles. The van der Waals surface area contributed by atoms with Gasteiger partial charge in [0.15, 0.2) is 0 Å². The third kappa shape index (κ3) is 3.81. The van der Waals surface area contributed by atoms with Gasteiger partial charge >= 0.3 is 0 Å². The third-order valence-corrected chi connectivity index (χ3v) is 2.43. The molecule has 1 N–H and O–H groups in total. The molecule has 0 aliphatic rings. The second-order valence-corrected chi connectivity index (χ2v) is 4.27. The first-order valence-electron chi connectivity index (χ1n) is 5.73. The fraction of sp³-hybridized carbons (Fsp3) is 0.727. The van der Waals surface area contributed by atoms with Crippen LogP contribution in [0.4, 0.5) is 0 Å². The minimum absolute atomic E-state index is 0.163. The number of methoxy groups -OCH3 is 1. The Labute approximate surface area is 101 Å². The smallest absolute Gasteiger partial charge is 0.293 e. The molecule has 0 aromatic carbocycles. The lowest BCUT2D eigenvalue weighted by Gasteiger charge is -2.14. The number of hydrogen-bond acceptors (Lipinski definition) is 4. The summed E-state index contributed by atoms with van der Waals surface area (Å²) in [4.78, 5) is 17.7. The van der Waals surface area contributed by atoms with Crippen molar-refractivity contribution in [3.05, 3.63) is 11.6 Å². The van der Waals surface area contributed by atoms with Crippen molar-refractivity contribution in [3.8, 4) is 0 Å². The highest BCUT2D eigenvalue weighted by Crippen LogP contribution is 2.08. The number of H-pyrrole nitrogens is 1. The van der Waals surface area contributed by atoms with Gasteiger partial charge in [-0.3, -0.25) is 9.89 Å². The van der Waals surface area contributed by atoms with Crippen molar-refractivity contribution in [3.63, 3.8) is 0 Å². The normalized spacial score (nSPS) is 10.9. The molecular formula is C11H20N4O2. The van der Waals surface area contributed by atoms with Gasteiger partial charge < -0.3 is 9.64 Å². The molecule has 0 unspecified atom stereocenters. The molecule has 6 nitrogen and oxygen atoms in total. The fourth-order valence-corrected chi connectivity index (χ4v) is 1.35. The summed E-state index contributed by atoms with van der Waals surface area (Å²) in [5.41, 5.74) is 0. The highest BCUT2D eigenvalue weighted by molar-refractivity contribution is 5.90. The minimum Gasteiger partial charge on any atom is -0.385 e. The molecule has 0 radical (unpaired) electrons. The van der Waals surface area contributed by atoms with Gasteiger partial charge in [0.2, 0.25) is 5.82 Å². The van der Waals surface area contributed by atoms with E-state index < -0.39 is 0 Å². The highest BCUT2D eigenvalue weighted by Gasteiger charge is 2.17. The van der Waals surface area contributed by atoms with E-state index in [2.05, 4.69) is 15.2 Å². The van der Waals surface area contributed by atoms with Gasteiger partial charge in [0.1, 0.15) is 5.82 Å². The van der Waals surface area contributed by atoms with Crippen molar-refractivity contribution in [2.75, 3.05) is 27.3 Å². The van der Waals surface area contributed by atoms with Gasteiger partial charge in [-0.05, 0) is 6.42 Å². The summed E-state index contributed by atoms with van der Waals surface area (Å²) in [6, 6.07) is 0. The van der Waals surface area contributed by atoms with Crippen molar-refractivity contribution < 1.29 is 9.53 Å². The van der Waals surface area contributed by atoms with Crippen molar-refractivity contribution in [2.45, 2.75) is 26.2 Å². The Balaban J connectivity index is 2.55. The third-order valence-electron chi connectivity index (χ3n) is 2.43. The largest absolute Gasteiger partial charge is 0.385 e. The number of ether oxygens (including phenoxy) is 1. The lowest BCUT2D eigenvalue weighted by atomic mass is 10.2. The van der Waals surface area contributed by atoms with E-state index in [0.29, 0.717) is 13.2 Å². The molecule has 0 bridgehead atoms. The number of nitrogens with one attached hydrogen (secondary N) is 1. The SMILES string of the molecule is COCCCN(C)C(=O)c1n[nH]c(C(C)C)n1. The monoisotopic (exact) mass is 240 g/mol. The van der Waals surface area contributed by atoms with Gasteiger partial charge in [0.25, 0.3) is 5.91 Å². The van der Waals surface area contributed by atoms with Crippen LogP contribution in [0.2, 0.25) is 0 Å². The number of nitrogens with zero attached hydrogens (tertiary/aromatic N) is 3. The molecule has 1 heterocycles. The molecule has 0 spiro atoms. The van der Waals surface area contributed by atoms with Crippen LogP contribution in [0.5, 0.6) is 0 Å². The summed E-state index contributed by atoms with van der Waals surface area (Å²) >= 11 is 0. The van der Waals surface area contributed by atoms with Crippen molar-refractivity contribution in [2.24, 2.45) is 0 Å². The topological polar surface area (TPSA) is 71.1 Å². The van der Waals surface area contributed by atoms with Crippen molar-refractivity contribution in [1.82, 2.24) is 20.1 Å².